The topological polar surface area (TPSA) is 39.9 Å². The van der Waals surface area contributed by atoms with E-state index in [-0.39, 0.29) is 0 Å². The Morgan fingerprint density at radius 2 is 2.19 bits per heavy atom. The quantitative estimate of drug-likeness (QED) is 0.386. The number of rotatable bonds is 8. The van der Waals surface area contributed by atoms with Gasteiger partial charge in [0.2, 0.25) is 0 Å². The van der Waals surface area contributed by atoms with Crippen LogP contribution in [0.1, 0.15) is 22.9 Å². The first-order valence-corrected chi connectivity index (χ1v) is 10.4. The predicted molar refractivity (Wildman–Crippen MR) is 110 cm³/mol. The van der Waals surface area contributed by atoms with Gasteiger partial charge in [0.1, 0.15) is 5.75 Å². The summed E-state index contributed by atoms with van der Waals surface area (Å²) in [5.74, 6) is 2.62. The molecule has 0 unspecified atom stereocenters. The second kappa shape index (κ2) is 8.56. The van der Waals surface area contributed by atoms with Crippen LogP contribution >= 0.6 is 23.1 Å². The molecule has 1 aromatic carbocycles. The second-order valence-electron chi connectivity index (χ2n) is 5.88. The van der Waals surface area contributed by atoms with Crippen LogP contribution in [0.25, 0.3) is 11.4 Å². The van der Waals surface area contributed by atoms with Gasteiger partial charge in [-0.15, -0.1) is 28.1 Å². The molecule has 0 fully saturated rings. The molecule has 0 atom stereocenters. The largest absolute Gasteiger partial charge is 0.497 e. The molecule has 0 amide bonds. The highest BCUT2D eigenvalue weighted by Crippen LogP contribution is 2.33. The predicted octanol–water partition coefficient (Wildman–Crippen LogP) is 5.36. The van der Waals surface area contributed by atoms with Crippen LogP contribution in [0.15, 0.2) is 47.5 Å². The molecule has 0 radical (unpaired) electrons. The van der Waals surface area contributed by atoms with Crippen molar-refractivity contribution in [3.8, 4) is 17.1 Å². The van der Waals surface area contributed by atoms with E-state index in [4.69, 9.17) is 4.74 Å². The summed E-state index contributed by atoms with van der Waals surface area (Å²) in [6.45, 7) is 8.95. The lowest BCUT2D eigenvalue weighted by Gasteiger charge is -2.09. The van der Waals surface area contributed by atoms with E-state index in [0.29, 0.717) is 6.54 Å². The van der Waals surface area contributed by atoms with E-state index in [2.05, 4.69) is 52.7 Å². The summed E-state index contributed by atoms with van der Waals surface area (Å²) in [6.07, 6.45) is 2.89. The summed E-state index contributed by atoms with van der Waals surface area (Å²) < 4.78 is 7.46. The van der Waals surface area contributed by atoms with Crippen LogP contribution in [0, 0.1) is 6.92 Å². The van der Waals surface area contributed by atoms with Gasteiger partial charge in [0.05, 0.1) is 7.11 Å². The maximum atomic E-state index is 5.30. The SMILES string of the molecule is C=CCn1c(SCc2cccc(OC)c2)nnc1-c1csc(C)c1CC. The maximum Gasteiger partial charge on any atom is 0.192 e. The third-order valence-corrected chi connectivity index (χ3v) is 6.22. The fourth-order valence-corrected chi connectivity index (χ4v) is 4.73. The van der Waals surface area contributed by atoms with Crippen LogP contribution in [0.3, 0.4) is 0 Å². The zero-order chi connectivity index (χ0) is 18.5. The van der Waals surface area contributed by atoms with Crippen LogP contribution in [0.2, 0.25) is 0 Å². The molecule has 2 heterocycles. The number of allylic oxidation sites excluding steroid dienone is 1. The van der Waals surface area contributed by atoms with Crippen molar-refractivity contribution in [2.75, 3.05) is 7.11 Å². The third-order valence-electron chi connectivity index (χ3n) is 4.23. The lowest BCUT2D eigenvalue weighted by Crippen LogP contribution is -2.01. The summed E-state index contributed by atoms with van der Waals surface area (Å²) in [6, 6.07) is 8.12. The molecule has 0 N–H and O–H groups in total. The van der Waals surface area contributed by atoms with E-state index in [1.807, 2.05) is 18.2 Å². The van der Waals surface area contributed by atoms with Gasteiger partial charge in [0.15, 0.2) is 11.0 Å². The minimum atomic E-state index is 0.695. The van der Waals surface area contributed by atoms with E-state index < -0.39 is 0 Å². The minimum absolute atomic E-state index is 0.695. The van der Waals surface area contributed by atoms with E-state index in [1.54, 1.807) is 30.2 Å². The molecule has 4 nitrogen and oxygen atoms in total. The number of thiophene rings is 1. The molecule has 0 spiro atoms. The molecule has 3 aromatic rings. The van der Waals surface area contributed by atoms with Gasteiger partial charge >= 0.3 is 0 Å². The fourth-order valence-electron chi connectivity index (χ4n) is 2.90. The lowest BCUT2D eigenvalue weighted by molar-refractivity contribution is 0.414. The highest BCUT2D eigenvalue weighted by atomic mass is 32.2. The summed E-state index contributed by atoms with van der Waals surface area (Å²) in [5.41, 5.74) is 3.75. The number of nitrogens with zero attached hydrogens (tertiary/aromatic N) is 3. The Kier molecular flexibility index (Phi) is 6.16. The molecule has 0 saturated carbocycles. The molecule has 136 valence electrons. The maximum absolute atomic E-state index is 5.30. The first-order valence-electron chi connectivity index (χ1n) is 8.55. The summed E-state index contributed by atoms with van der Waals surface area (Å²) >= 11 is 3.46. The Labute approximate surface area is 162 Å². The van der Waals surface area contributed by atoms with E-state index in [9.17, 15) is 0 Å². The van der Waals surface area contributed by atoms with Gasteiger partial charge in [-0.2, -0.15) is 0 Å². The molecule has 26 heavy (non-hydrogen) atoms. The van der Waals surface area contributed by atoms with E-state index >= 15 is 0 Å². The number of hydrogen-bond donors (Lipinski definition) is 0. The number of aryl methyl sites for hydroxylation is 1. The van der Waals surface area contributed by atoms with E-state index in [0.717, 1.165) is 28.9 Å². The average Bonchev–Trinajstić information content (AvgIpc) is 3.23. The van der Waals surface area contributed by atoms with Gasteiger partial charge in [0, 0.05) is 28.1 Å². The van der Waals surface area contributed by atoms with Crippen molar-refractivity contribution in [3.63, 3.8) is 0 Å². The van der Waals surface area contributed by atoms with Crippen LogP contribution in [-0.4, -0.2) is 21.9 Å². The average molecular weight is 386 g/mol. The Balaban J connectivity index is 1.88. The molecule has 0 aliphatic rings. The standard InChI is InChI=1S/C20H23N3OS2/c1-5-10-23-19(18-13-25-14(3)17(18)6-2)21-22-20(23)26-12-15-8-7-9-16(11-15)24-4/h5,7-9,11,13H,1,6,10,12H2,2-4H3. The van der Waals surface area contributed by atoms with Crippen molar-refractivity contribution < 1.29 is 4.74 Å². The third kappa shape index (κ3) is 3.86. The van der Waals surface area contributed by atoms with Crippen molar-refractivity contribution in [2.45, 2.75) is 37.7 Å². The molecule has 0 aliphatic carbocycles. The molecule has 0 bridgehead atoms. The highest BCUT2D eigenvalue weighted by molar-refractivity contribution is 7.98. The highest BCUT2D eigenvalue weighted by Gasteiger charge is 2.18. The monoisotopic (exact) mass is 385 g/mol. The Morgan fingerprint density at radius 1 is 1.35 bits per heavy atom. The minimum Gasteiger partial charge on any atom is -0.497 e. The van der Waals surface area contributed by atoms with Gasteiger partial charge in [-0.1, -0.05) is 36.9 Å². The Morgan fingerprint density at radius 3 is 2.92 bits per heavy atom. The van der Waals surface area contributed by atoms with Gasteiger partial charge < -0.3 is 4.74 Å². The van der Waals surface area contributed by atoms with Crippen LogP contribution in [-0.2, 0) is 18.7 Å². The molecule has 2 aromatic heterocycles. The van der Waals surface area contributed by atoms with Gasteiger partial charge in [-0.05, 0) is 36.6 Å². The summed E-state index contributed by atoms with van der Waals surface area (Å²) in [5, 5.41) is 12.1. The van der Waals surface area contributed by atoms with E-state index in [1.165, 1.54) is 21.6 Å². The van der Waals surface area contributed by atoms with Crippen LogP contribution < -0.4 is 4.74 Å². The van der Waals surface area contributed by atoms with Crippen molar-refractivity contribution in [3.05, 3.63) is 58.3 Å². The van der Waals surface area contributed by atoms with Crippen molar-refractivity contribution in [2.24, 2.45) is 0 Å². The number of hydrogen-bond acceptors (Lipinski definition) is 5. The van der Waals surface area contributed by atoms with Gasteiger partial charge in [-0.25, -0.2) is 0 Å². The van der Waals surface area contributed by atoms with Crippen molar-refractivity contribution in [1.82, 2.24) is 14.8 Å². The number of aromatic nitrogens is 3. The normalized spacial score (nSPS) is 10.9. The van der Waals surface area contributed by atoms with Gasteiger partial charge in [-0.3, -0.25) is 4.57 Å². The Bertz CT molecular complexity index is 898. The van der Waals surface area contributed by atoms with Gasteiger partial charge in [0.25, 0.3) is 0 Å². The molecular weight excluding hydrogens is 362 g/mol. The molecule has 6 heteroatoms. The first-order chi connectivity index (χ1) is 12.7. The van der Waals surface area contributed by atoms with Crippen molar-refractivity contribution >= 4 is 23.1 Å². The smallest absolute Gasteiger partial charge is 0.192 e. The summed E-state index contributed by atoms with van der Waals surface area (Å²) in [4.78, 5) is 1.35. The molecular formula is C20H23N3OS2. The number of ether oxygens (including phenoxy) is 1. The fraction of sp³-hybridized carbons (Fsp3) is 0.300. The zero-order valence-electron chi connectivity index (χ0n) is 15.4. The Hall–Kier alpha value is -2.05. The van der Waals surface area contributed by atoms with Crippen LogP contribution in [0.4, 0.5) is 0 Å². The number of benzene rings is 1. The van der Waals surface area contributed by atoms with Crippen LogP contribution in [0.5, 0.6) is 5.75 Å². The molecule has 0 aliphatic heterocycles. The second-order valence-corrected chi connectivity index (χ2v) is 7.91. The molecule has 0 saturated heterocycles. The first kappa shape index (κ1) is 18.7. The summed E-state index contributed by atoms with van der Waals surface area (Å²) in [7, 11) is 1.69. The number of thioether (sulfide) groups is 1. The number of methoxy groups -OCH3 is 1. The lowest BCUT2D eigenvalue weighted by atomic mass is 10.1. The van der Waals surface area contributed by atoms with Crippen molar-refractivity contribution in [1.29, 1.82) is 0 Å². The molecule has 3 rings (SSSR count). The zero-order valence-corrected chi connectivity index (χ0v) is 17.0.